The molecule has 0 saturated heterocycles. The first-order valence-electron chi connectivity index (χ1n) is 8.64. The molecule has 1 saturated carbocycles. The first kappa shape index (κ1) is 16.9. The highest BCUT2D eigenvalue weighted by molar-refractivity contribution is 5.61. The fraction of sp³-hybridized carbons (Fsp3) is 0.474. The molecule has 1 aromatic heterocycles. The molecular weight excluding hydrogens is 300 g/mol. The second kappa shape index (κ2) is 8.22. The quantitative estimate of drug-likeness (QED) is 0.855. The van der Waals surface area contributed by atoms with E-state index in [-0.39, 0.29) is 0 Å². The average Bonchev–Trinajstić information content (AvgIpc) is 2.67. The standard InChI is InChI=1S/C19H26N4O/c1-20-16-4-6-17(7-5-16)23-12-15-11-14(3-8-19(15)24-2)18-13-21-9-10-22-18/h3,8-11,13,16-17,20,23H,4-7,12H2,1-2H3. The Kier molecular flexibility index (Phi) is 5.77. The van der Waals surface area contributed by atoms with E-state index in [1.165, 1.54) is 25.7 Å². The molecule has 0 atom stereocenters. The number of rotatable bonds is 6. The van der Waals surface area contributed by atoms with Crippen LogP contribution in [-0.4, -0.2) is 36.2 Å². The van der Waals surface area contributed by atoms with Crippen LogP contribution in [0.3, 0.4) is 0 Å². The molecule has 0 radical (unpaired) electrons. The molecule has 24 heavy (non-hydrogen) atoms. The summed E-state index contributed by atoms with van der Waals surface area (Å²) in [6.45, 7) is 0.812. The van der Waals surface area contributed by atoms with Gasteiger partial charge >= 0.3 is 0 Å². The van der Waals surface area contributed by atoms with E-state index in [0.29, 0.717) is 12.1 Å². The van der Waals surface area contributed by atoms with Crippen LogP contribution in [0.1, 0.15) is 31.2 Å². The Balaban J connectivity index is 1.68. The first-order chi connectivity index (χ1) is 11.8. The molecule has 5 nitrogen and oxygen atoms in total. The molecule has 5 heteroatoms. The highest BCUT2D eigenvalue weighted by atomic mass is 16.5. The van der Waals surface area contributed by atoms with Gasteiger partial charge in [-0.15, -0.1) is 0 Å². The number of nitrogens with one attached hydrogen (secondary N) is 2. The topological polar surface area (TPSA) is 59.1 Å². The zero-order chi connectivity index (χ0) is 16.8. The third-order valence-corrected chi connectivity index (χ3v) is 4.86. The fourth-order valence-electron chi connectivity index (χ4n) is 3.36. The van der Waals surface area contributed by atoms with Crippen LogP contribution in [0.2, 0.25) is 0 Å². The highest BCUT2D eigenvalue weighted by Gasteiger charge is 2.19. The Bertz CT molecular complexity index is 639. The van der Waals surface area contributed by atoms with E-state index in [1.807, 2.05) is 12.1 Å². The maximum absolute atomic E-state index is 5.52. The van der Waals surface area contributed by atoms with Crippen molar-refractivity contribution in [2.75, 3.05) is 14.2 Å². The summed E-state index contributed by atoms with van der Waals surface area (Å²) in [6.07, 6.45) is 10.1. The molecule has 0 unspecified atom stereocenters. The minimum absolute atomic E-state index is 0.583. The van der Waals surface area contributed by atoms with E-state index in [1.54, 1.807) is 25.7 Å². The van der Waals surface area contributed by atoms with Crippen molar-refractivity contribution in [3.63, 3.8) is 0 Å². The van der Waals surface area contributed by atoms with Crippen LogP contribution in [-0.2, 0) is 6.54 Å². The zero-order valence-electron chi connectivity index (χ0n) is 14.5. The predicted molar refractivity (Wildman–Crippen MR) is 96.0 cm³/mol. The van der Waals surface area contributed by atoms with Gasteiger partial charge in [-0.1, -0.05) is 0 Å². The van der Waals surface area contributed by atoms with E-state index in [0.717, 1.165) is 29.1 Å². The third-order valence-electron chi connectivity index (χ3n) is 4.86. The van der Waals surface area contributed by atoms with Crippen LogP contribution in [0.5, 0.6) is 5.75 Å². The Morgan fingerprint density at radius 3 is 2.58 bits per heavy atom. The van der Waals surface area contributed by atoms with Gasteiger partial charge in [-0.25, -0.2) is 0 Å². The van der Waals surface area contributed by atoms with E-state index in [2.05, 4.69) is 33.7 Å². The second-order valence-corrected chi connectivity index (χ2v) is 6.34. The first-order valence-corrected chi connectivity index (χ1v) is 8.64. The van der Waals surface area contributed by atoms with Crippen LogP contribution in [0.15, 0.2) is 36.8 Å². The highest BCUT2D eigenvalue weighted by Crippen LogP contribution is 2.26. The number of hydrogen-bond acceptors (Lipinski definition) is 5. The van der Waals surface area contributed by atoms with E-state index >= 15 is 0 Å². The van der Waals surface area contributed by atoms with Gasteiger partial charge < -0.3 is 15.4 Å². The van der Waals surface area contributed by atoms with Gasteiger partial charge in [0.25, 0.3) is 0 Å². The van der Waals surface area contributed by atoms with Gasteiger partial charge in [0, 0.05) is 42.1 Å². The Hall–Kier alpha value is -1.98. The number of ether oxygens (including phenoxy) is 1. The Labute approximate surface area is 143 Å². The number of methoxy groups -OCH3 is 1. The summed E-state index contributed by atoms with van der Waals surface area (Å²) >= 11 is 0. The molecule has 0 spiro atoms. The van der Waals surface area contributed by atoms with Crippen molar-refractivity contribution in [3.8, 4) is 17.0 Å². The van der Waals surface area contributed by atoms with Crippen LogP contribution in [0.25, 0.3) is 11.3 Å². The van der Waals surface area contributed by atoms with Crippen molar-refractivity contribution in [2.45, 2.75) is 44.3 Å². The lowest BCUT2D eigenvalue weighted by atomic mass is 9.91. The lowest BCUT2D eigenvalue weighted by Crippen LogP contribution is -2.38. The van der Waals surface area contributed by atoms with Gasteiger partial charge in [0.15, 0.2) is 0 Å². The summed E-state index contributed by atoms with van der Waals surface area (Å²) in [5, 5.41) is 7.07. The number of hydrogen-bond donors (Lipinski definition) is 2. The van der Waals surface area contributed by atoms with E-state index < -0.39 is 0 Å². The molecule has 128 valence electrons. The molecule has 1 aliphatic rings. The fourth-order valence-corrected chi connectivity index (χ4v) is 3.36. The normalized spacial score (nSPS) is 20.8. The number of benzene rings is 1. The second-order valence-electron chi connectivity index (χ2n) is 6.34. The SMILES string of the molecule is CNC1CCC(NCc2cc(-c3cnccn3)ccc2OC)CC1. The van der Waals surface area contributed by atoms with Gasteiger partial charge in [-0.3, -0.25) is 9.97 Å². The maximum Gasteiger partial charge on any atom is 0.123 e. The summed E-state index contributed by atoms with van der Waals surface area (Å²) in [7, 11) is 3.78. The summed E-state index contributed by atoms with van der Waals surface area (Å²) < 4.78 is 5.52. The van der Waals surface area contributed by atoms with Crippen LogP contribution < -0.4 is 15.4 Å². The van der Waals surface area contributed by atoms with Crippen molar-refractivity contribution in [3.05, 3.63) is 42.4 Å². The lowest BCUT2D eigenvalue weighted by Gasteiger charge is -2.29. The lowest BCUT2D eigenvalue weighted by molar-refractivity contribution is 0.315. The van der Waals surface area contributed by atoms with Crippen molar-refractivity contribution >= 4 is 0 Å². The van der Waals surface area contributed by atoms with E-state index in [9.17, 15) is 0 Å². The van der Waals surface area contributed by atoms with Crippen molar-refractivity contribution in [1.82, 2.24) is 20.6 Å². The third kappa shape index (κ3) is 4.10. The molecule has 2 N–H and O–H groups in total. The molecule has 2 aromatic rings. The predicted octanol–water partition coefficient (Wildman–Crippen LogP) is 2.77. The van der Waals surface area contributed by atoms with Crippen LogP contribution >= 0.6 is 0 Å². The van der Waals surface area contributed by atoms with Gasteiger partial charge in [0.2, 0.25) is 0 Å². The Morgan fingerprint density at radius 1 is 1.12 bits per heavy atom. The minimum Gasteiger partial charge on any atom is -0.496 e. The van der Waals surface area contributed by atoms with Gasteiger partial charge in [-0.2, -0.15) is 0 Å². The average molecular weight is 326 g/mol. The van der Waals surface area contributed by atoms with Gasteiger partial charge in [0.1, 0.15) is 5.75 Å². The molecule has 0 aliphatic heterocycles. The van der Waals surface area contributed by atoms with Gasteiger partial charge in [-0.05, 0) is 50.9 Å². The van der Waals surface area contributed by atoms with Crippen molar-refractivity contribution in [2.24, 2.45) is 0 Å². The number of aromatic nitrogens is 2. The Morgan fingerprint density at radius 2 is 1.92 bits per heavy atom. The van der Waals surface area contributed by atoms with Crippen molar-refractivity contribution < 1.29 is 4.74 Å². The number of nitrogens with zero attached hydrogens (tertiary/aromatic N) is 2. The molecule has 1 fully saturated rings. The maximum atomic E-state index is 5.52. The molecule has 0 bridgehead atoms. The molecule has 0 amide bonds. The van der Waals surface area contributed by atoms with E-state index in [4.69, 9.17) is 4.74 Å². The molecule has 1 aromatic carbocycles. The smallest absolute Gasteiger partial charge is 0.123 e. The zero-order valence-corrected chi connectivity index (χ0v) is 14.5. The molecule has 3 rings (SSSR count). The monoisotopic (exact) mass is 326 g/mol. The summed E-state index contributed by atoms with van der Waals surface area (Å²) in [5.74, 6) is 0.916. The minimum atomic E-state index is 0.583. The summed E-state index contributed by atoms with van der Waals surface area (Å²) in [5.41, 5.74) is 3.12. The largest absolute Gasteiger partial charge is 0.496 e. The molecular formula is C19H26N4O. The van der Waals surface area contributed by atoms with Crippen molar-refractivity contribution in [1.29, 1.82) is 0 Å². The molecule has 1 aliphatic carbocycles. The summed E-state index contributed by atoms with van der Waals surface area (Å²) in [6, 6.07) is 7.45. The van der Waals surface area contributed by atoms with Crippen LogP contribution in [0.4, 0.5) is 0 Å². The van der Waals surface area contributed by atoms with Crippen LogP contribution in [0, 0.1) is 0 Å². The summed E-state index contributed by atoms with van der Waals surface area (Å²) in [4.78, 5) is 8.54. The van der Waals surface area contributed by atoms with Gasteiger partial charge in [0.05, 0.1) is 19.0 Å². The molecule has 1 heterocycles.